The van der Waals surface area contributed by atoms with Crippen LogP contribution in [0.15, 0.2) is 64.0 Å². The minimum absolute atomic E-state index is 0.0830. The van der Waals surface area contributed by atoms with Crippen LogP contribution in [-0.2, 0) is 27.3 Å². The zero-order chi connectivity index (χ0) is 26.3. The van der Waals surface area contributed by atoms with E-state index >= 15 is 0 Å². The van der Waals surface area contributed by atoms with Crippen LogP contribution in [0.2, 0.25) is 0 Å². The van der Waals surface area contributed by atoms with Crippen molar-refractivity contribution in [2.24, 2.45) is 4.99 Å². The number of ketones is 1. The van der Waals surface area contributed by atoms with E-state index in [0.29, 0.717) is 34.7 Å². The Morgan fingerprint density at radius 3 is 2.50 bits per heavy atom. The predicted octanol–water partition coefficient (Wildman–Crippen LogP) is 5.82. The van der Waals surface area contributed by atoms with E-state index in [4.69, 9.17) is 4.74 Å². The smallest absolute Gasteiger partial charge is 0.340 e. The third-order valence-corrected chi connectivity index (χ3v) is 7.05. The highest BCUT2D eigenvalue weighted by Gasteiger charge is 2.42. The van der Waals surface area contributed by atoms with E-state index in [0.717, 1.165) is 40.1 Å². The second kappa shape index (κ2) is 9.61. The lowest BCUT2D eigenvalue weighted by Gasteiger charge is -2.25. The quantitative estimate of drug-likeness (QED) is 0.397. The maximum Gasteiger partial charge on any atom is 0.340 e. The molecule has 0 saturated heterocycles. The van der Waals surface area contributed by atoms with Crippen LogP contribution in [0.4, 0.5) is 0 Å². The Hall–Kier alpha value is -3.93. The first-order valence-electron chi connectivity index (χ1n) is 12.2. The van der Waals surface area contributed by atoms with Gasteiger partial charge in [-0.1, -0.05) is 37.8 Å². The number of ether oxygens (including phenoxy) is 1. The van der Waals surface area contributed by atoms with Gasteiger partial charge in [0.25, 0.3) is 0 Å². The predicted molar refractivity (Wildman–Crippen MR) is 143 cm³/mol. The van der Waals surface area contributed by atoms with Crippen molar-refractivity contribution in [1.82, 2.24) is 4.57 Å². The number of aliphatic imine (C=N–C) groups is 1. The zero-order valence-corrected chi connectivity index (χ0v) is 21.8. The van der Waals surface area contributed by atoms with E-state index in [9.17, 15) is 14.7 Å². The van der Waals surface area contributed by atoms with Crippen LogP contribution in [-0.4, -0.2) is 33.7 Å². The topological polar surface area (TPSA) is 80.9 Å². The normalized spacial score (nSPS) is 17.5. The molecule has 4 rings (SSSR count). The lowest BCUT2D eigenvalue weighted by atomic mass is 9.82. The molecule has 2 aliphatic rings. The molecule has 1 aromatic carbocycles. The summed E-state index contributed by atoms with van der Waals surface area (Å²) in [6.07, 6.45) is 2.62. The van der Waals surface area contributed by atoms with Crippen LogP contribution in [0.5, 0.6) is 0 Å². The molecule has 0 fully saturated rings. The van der Waals surface area contributed by atoms with Gasteiger partial charge in [-0.2, -0.15) is 0 Å². The first kappa shape index (κ1) is 25.2. The largest absolute Gasteiger partial charge is 0.506 e. The molecule has 6 nitrogen and oxygen atoms in total. The van der Waals surface area contributed by atoms with Crippen molar-refractivity contribution in [1.29, 1.82) is 0 Å². The van der Waals surface area contributed by atoms with Crippen LogP contribution in [0.25, 0.3) is 11.6 Å². The number of aliphatic hydroxyl groups is 1. The molecule has 1 N–H and O–H groups in total. The molecule has 2 heterocycles. The van der Waals surface area contributed by atoms with Crippen LogP contribution in [0, 0.1) is 13.8 Å². The maximum absolute atomic E-state index is 13.6. The monoisotopic (exact) mass is 484 g/mol. The fourth-order valence-corrected chi connectivity index (χ4v) is 5.28. The van der Waals surface area contributed by atoms with E-state index in [1.807, 2.05) is 31.2 Å². The molecule has 1 aliphatic carbocycles. The molecular formula is C30H32N2O4. The lowest BCUT2D eigenvalue weighted by Crippen LogP contribution is -2.25. The summed E-state index contributed by atoms with van der Waals surface area (Å²) >= 11 is 0. The fourth-order valence-electron chi connectivity index (χ4n) is 5.28. The average molecular weight is 485 g/mol. The van der Waals surface area contributed by atoms with Gasteiger partial charge >= 0.3 is 5.97 Å². The van der Waals surface area contributed by atoms with Gasteiger partial charge in [-0.25, -0.2) is 4.79 Å². The second-order valence-corrected chi connectivity index (χ2v) is 9.12. The molecule has 0 spiro atoms. The third kappa shape index (κ3) is 3.87. The molecule has 186 valence electrons. The molecule has 2 aromatic rings. The van der Waals surface area contributed by atoms with Crippen molar-refractivity contribution in [2.75, 3.05) is 6.61 Å². The number of carbonyl (C=O) groups is 2. The molecule has 0 saturated carbocycles. The number of hydrogen-bond acceptors (Lipinski definition) is 5. The van der Waals surface area contributed by atoms with Gasteiger partial charge in [0.1, 0.15) is 5.76 Å². The number of carbonyl (C=O) groups excluding carboxylic acids is 2. The Bertz CT molecular complexity index is 1440. The van der Waals surface area contributed by atoms with E-state index in [-0.39, 0.29) is 23.7 Å². The second-order valence-electron chi connectivity index (χ2n) is 9.12. The van der Waals surface area contributed by atoms with Crippen molar-refractivity contribution in [3.63, 3.8) is 0 Å². The summed E-state index contributed by atoms with van der Waals surface area (Å²) in [4.78, 5) is 30.5. The van der Waals surface area contributed by atoms with Crippen LogP contribution in [0.1, 0.15) is 61.3 Å². The van der Waals surface area contributed by atoms with Crippen molar-refractivity contribution in [3.05, 3.63) is 92.7 Å². The summed E-state index contributed by atoms with van der Waals surface area (Å²) < 4.78 is 7.26. The van der Waals surface area contributed by atoms with Crippen LogP contribution >= 0.6 is 0 Å². The number of hydrogen-bond donors (Lipinski definition) is 1. The summed E-state index contributed by atoms with van der Waals surface area (Å²) in [6.45, 7) is 16.0. The summed E-state index contributed by atoms with van der Waals surface area (Å²) in [7, 11) is 0. The molecule has 0 bridgehead atoms. The van der Waals surface area contributed by atoms with Gasteiger partial charge in [-0.3, -0.25) is 9.79 Å². The SMILES string of the molecule is C=Cc1cccc(Cn2c(C)c(CC)c(C)c2C2=C(O)/C(=C3/N=C(C)C(C(=O)OCC)=C3C)C2=O)c1. The first-order chi connectivity index (χ1) is 17.2. The Labute approximate surface area is 212 Å². The Morgan fingerprint density at radius 2 is 1.89 bits per heavy atom. The minimum Gasteiger partial charge on any atom is -0.506 e. The number of nitrogens with zero attached hydrogens (tertiary/aromatic N) is 2. The van der Waals surface area contributed by atoms with Crippen LogP contribution in [0.3, 0.4) is 0 Å². The van der Waals surface area contributed by atoms with Gasteiger partial charge < -0.3 is 14.4 Å². The maximum atomic E-state index is 13.6. The van der Waals surface area contributed by atoms with Gasteiger partial charge in [-0.15, -0.1) is 0 Å². The van der Waals surface area contributed by atoms with Gasteiger partial charge in [-0.05, 0) is 74.9 Å². The molecular weight excluding hydrogens is 452 g/mol. The number of allylic oxidation sites excluding steroid dienone is 3. The molecule has 1 aromatic heterocycles. The molecule has 0 unspecified atom stereocenters. The summed E-state index contributed by atoms with van der Waals surface area (Å²) in [6, 6.07) is 8.10. The standard InChI is InChI=1S/C30H32N2O4/c1-8-20-12-11-13-21(14-20)15-32-19(7)22(9-2)16(4)27(32)25-28(33)24(29(25)34)26-17(5)23(18(6)31-26)30(35)36-10-3/h8,11-14,33H,1,9-10,15H2,2-7H3/b26-24-. The highest BCUT2D eigenvalue weighted by Crippen LogP contribution is 2.44. The van der Waals surface area contributed by atoms with Crippen molar-refractivity contribution in [3.8, 4) is 0 Å². The number of Topliss-reactive ketones (excluding diaryl/α,β-unsaturated/α-hetero) is 1. The average Bonchev–Trinajstić information content (AvgIpc) is 3.26. The highest BCUT2D eigenvalue weighted by molar-refractivity contribution is 6.39. The van der Waals surface area contributed by atoms with Crippen molar-refractivity contribution in [2.45, 2.75) is 54.5 Å². The van der Waals surface area contributed by atoms with Gasteiger partial charge in [0.2, 0.25) is 5.78 Å². The summed E-state index contributed by atoms with van der Waals surface area (Å²) in [5, 5.41) is 11.2. The number of aliphatic hydroxyl groups excluding tert-OH is 1. The highest BCUT2D eigenvalue weighted by atomic mass is 16.5. The number of benzene rings is 1. The third-order valence-electron chi connectivity index (χ3n) is 7.05. The fraction of sp³-hybridized carbons (Fsp3) is 0.300. The molecule has 6 heteroatoms. The van der Waals surface area contributed by atoms with E-state index in [2.05, 4.69) is 36.1 Å². The summed E-state index contributed by atoms with van der Waals surface area (Å²) in [5.74, 6) is -0.829. The number of aromatic nitrogens is 1. The molecule has 0 amide bonds. The molecule has 0 atom stereocenters. The van der Waals surface area contributed by atoms with E-state index < -0.39 is 5.97 Å². The van der Waals surface area contributed by atoms with E-state index in [1.165, 1.54) is 0 Å². The number of rotatable bonds is 7. The van der Waals surface area contributed by atoms with E-state index in [1.54, 1.807) is 20.8 Å². The molecule has 0 radical (unpaired) electrons. The lowest BCUT2D eigenvalue weighted by molar-refractivity contribution is -0.137. The number of esters is 1. The summed E-state index contributed by atoms with van der Waals surface area (Å²) in [5.41, 5.74) is 8.19. The zero-order valence-electron chi connectivity index (χ0n) is 21.8. The van der Waals surface area contributed by atoms with Crippen LogP contribution < -0.4 is 0 Å². The Kier molecular flexibility index (Phi) is 6.72. The van der Waals surface area contributed by atoms with Crippen molar-refractivity contribution < 1.29 is 19.4 Å². The molecule has 1 aliphatic heterocycles. The first-order valence-corrected chi connectivity index (χ1v) is 12.2. The molecule has 36 heavy (non-hydrogen) atoms. The van der Waals surface area contributed by atoms with Gasteiger partial charge in [0.15, 0.2) is 0 Å². The Balaban J connectivity index is 1.86. The van der Waals surface area contributed by atoms with Gasteiger partial charge in [0.05, 0.1) is 40.4 Å². The Morgan fingerprint density at radius 1 is 1.17 bits per heavy atom. The van der Waals surface area contributed by atoms with Gasteiger partial charge in [0, 0.05) is 12.2 Å². The van der Waals surface area contributed by atoms with Crippen molar-refractivity contribution >= 4 is 29.1 Å². The minimum atomic E-state index is -0.475.